The van der Waals surface area contributed by atoms with Crippen molar-refractivity contribution in [2.24, 2.45) is 0 Å². The number of fused-ring (bicyclic) bond motifs is 3. The molecule has 4 aliphatic rings. The van der Waals surface area contributed by atoms with Gasteiger partial charge in [-0.15, -0.1) is 5.73 Å². The predicted octanol–water partition coefficient (Wildman–Crippen LogP) is 5.42. The van der Waals surface area contributed by atoms with Crippen LogP contribution in [0.15, 0.2) is 66.0 Å². The second-order valence-electron chi connectivity index (χ2n) is 9.92. The van der Waals surface area contributed by atoms with Crippen LogP contribution in [0.5, 0.6) is 5.75 Å². The minimum Gasteiger partial charge on any atom is -0.488 e. The number of likely N-dealkylation sites (tertiary alicyclic amines) is 1. The van der Waals surface area contributed by atoms with Gasteiger partial charge in [-0.3, -0.25) is 4.90 Å². The summed E-state index contributed by atoms with van der Waals surface area (Å²) in [6.07, 6.45) is 7.30. The van der Waals surface area contributed by atoms with Crippen LogP contribution in [0, 0.1) is 0 Å². The van der Waals surface area contributed by atoms with E-state index in [0.29, 0.717) is 12.1 Å². The molecule has 0 spiro atoms. The Labute approximate surface area is 190 Å². The highest BCUT2D eigenvalue weighted by molar-refractivity contribution is 5.85. The lowest BCUT2D eigenvalue weighted by atomic mass is 9.87. The van der Waals surface area contributed by atoms with E-state index >= 15 is 0 Å². The van der Waals surface area contributed by atoms with E-state index in [1.165, 1.54) is 46.3 Å². The van der Waals surface area contributed by atoms with Crippen LogP contribution in [-0.2, 0) is 6.42 Å². The number of H-pyrrole nitrogens is 1. The molecule has 164 valence electrons. The molecule has 0 amide bonds. The third-order valence-corrected chi connectivity index (χ3v) is 7.69. The summed E-state index contributed by atoms with van der Waals surface area (Å²) < 4.78 is 6.26. The zero-order valence-corrected chi connectivity index (χ0v) is 18.6. The fourth-order valence-electron chi connectivity index (χ4n) is 5.79. The molecule has 2 fully saturated rings. The summed E-state index contributed by atoms with van der Waals surface area (Å²) in [6, 6.07) is 19.0. The molecule has 1 saturated heterocycles. The normalized spacial score (nSPS) is 25.3. The van der Waals surface area contributed by atoms with Crippen LogP contribution in [0.25, 0.3) is 10.9 Å². The predicted molar refractivity (Wildman–Crippen MR) is 129 cm³/mol. The third kappa shape index (κ3) is 2.94. The Hall–Kier alpha value is -2.94. The molecule has 3 aromatic rings. The lowest BCUT2D eigenvalue weighted by molar-refractivity contribution is 0.0143. The van der Waals surface area contributed by atoms with Crippen LogP contribution in [0.4, 0.5) is 0 Å². The molecule has 1 N–H and O–H groups in total. The van der Waals surface area contributed by atoms with E-state index in [2.05, 4.69) is 82.0 Å². The Kier molecular flexibility index (Phi) is 4.09. The van der Waals surface area contributed by atoms with Gasteiger partial charge in [-0.1, -0.05) is 30.3 Å². The van der Waals surface area contributed by atoms with Crippen molar-refractivity contribution in [1.29, 1.82) is 0 Å². The Morgan fingerprint density at radius 1 is 1.06 bits per heavy atom. The number of nitrogens with one attached hydrogen (secondary N) is 1. The topological polar surface area (TPSA) is 31.5 Å². The van der Waals surface area contributed by atoms with E-state index in [1.807, 2.05) is 0 Å². The fourth-order valence-corrected chi connectivity index (χ4v) is 5.79. The molecular weight excluding hydrogens is 394 g/mol. The Morgan fingerprint density at radius 3 is 2.56 bits per heavy atom. The first-order valence-corrected chi connectivity index (χ1v) is 12.1. The summed E-state index contributed by atoms with van der Waals surface area (Å²) in [5.41, 5.74) is 10.1. The van der Waals surface area contributed by atoms with E-state index in [4.69, 9.17) is 4.74 Å². The molecule has 1 aromatic heterocycles. The summed E-state index contributed by atoms with van der Waals surface area (Å²) in [5.74, 6) is 0.990. The van der Waals surface area contributed by atoms with Gasteiger partial charge in [0.1, 0.15) is 11.9 Å². The molecular formula is C28H31N3O. The summed E-state index contributed by atoms with van der Waals surface area (Å²) in [6.45, 7) is 4.52. The van der Waals surface area contributed by atoms with Crippen LogP contribution in [0.3, 0.4) is 0 Å². The molecule has 1 saturated carbocycles. The van der Waals surface area contributed by atoms with E-state index in [9.17, 15) is 0 Å². The third-order valence-electron chi connectivity index (χ3n) is 7.69. The maximum Gasteiger partial charge on any atom is 0.124 e. The molecule has 0 unspecified atom stereocenters. The highest BCUT2D eigenvalue weighted by Crippen LogP contribution is 2.44. The van der Waals surface area contributed by atoms with Crippen molar-refractivity contribution < 1.29 is 6.16 Å². The standard InChI is InChI=1S/C28H29N3O.H2/c1-18-15-25-24-7-2-3-8-26(24)29-27(25)28(31(18)21-5-4-6-21)19-9-13-22(14-10-19)32-23-16-30(17-23)20-11-12-20;/h2-4,7-10,13-14,18,20,23,28-29H,5,11-12,15-17H2,1H3;1H/t18-,28-;/m1./s1. The van der Waals surface area contributed by atoms with E-state index in [0.717, 1.165) is 37.7 Å². The molecule has 2 aromatic carbocycles. The van der Waals surface area contributed by atoms with Gasteiger partial charge in [0, 0.05) is 49.6 Å². The van der Waals surface area contributed by atoms with E-state index in [-0.39, 0.29) is 7.47 Å². The van der Waals surface area contributed by atoms with Crippen molar-refractivity contribution in [2.75, 3.05) is 13.1 Å². The monoisotopic (exact) mass is 425 g/mol. The number of aromatic nitrogens is 1. The van der Waals surface area contributed by atoms with Crippen LogP contribution in [0.1, 0.15) is 50.5 Å². The first-order valence-electron chi connectivity index (χ1n) is 12.1. The van der Waals surface area contributed by atoms with Gasteiger partial charge in [-0.2, -0.15) is 0 Å². The smallest absolute Gasteiger partial charge is 0.124 e. The second-order valence-corrected chi connectivity index (χ2v) is 9.92. The molecule has 2 atom stereocenters. The largest absolute Gasteiger partial charge is 0.488 e. The van der Waals surface area contributed by atoms with Gasteiger partial charge >= 0.3 is 0 Å². The Bertz CT molecular complexity index is 1250. The van der Waals surface area contributed by atoms with Crippen LogP contribution < -0.4 is 4.74 Å². The molecule has 0 bridgehead atoms. The molecule has 3 heterocycles. The minimum atomic E-state index is 0. The lowest BCUT2D eigenvalue weighted by Gasteiger charge is -2.44. The zero-order valence-electron chi connectivity index (χ0n) is 18.6. The van der Waals surface area contributed by atoms with Gasteiger partial charge < -0.3 is 14.6 Å². The number of aromatic amines is 1. The molecule has 4 heteroatoms. The SMILES string of the molecule is C[C@@H]1Cc2c([nH]c3ccccc23)[C@@H](c2ccc(OC3CN(C4CC4)C3)cc2)N1C1=C=CC1.[HH]. The maximum absolute atomic E-state index is 6.26. The molecule has 2 aliphatic heterocycles. The van der Waals surface area contributed by atoms with Crippen molar-refractivity contribution in [3.05, 3.63) is 82.9 Å². The first kappa shape index (κ1) is 18.6. The van der Waals surface area contributed by atoms with Crippen LogP contribution >= 0.6 is 0 Å². The summed E-state index contributed by atoms with van der Waals surface area (Å²) >= 11 is 0. The van der Waals surface area contributed by atoms with Gasteiger partial charge in [0.15, 0.2) is 0 Å². The average Bonchev–Trinajstić information content (AvgIpc) is 3.51. The number of hydrogen-bond acceptors (Lipinski definition) is 3. The van der Waals surface area contributed by atoms with Gasteiger partial charge in [0.25, 0.3) is 0 Å². The van der Waals surface area contributed by atoms with Gasteiger partial charge in [0.2, 0.25) is 0 Å². The van der Waals surface area contributed by atoms with Crippen LogP contribution in [0.2, 0.25) is 0 Å². The van der Waals surface area contributed by atoms with Gasteiger partial charge in [-0.05, 0) is 61.6 Å². The maximum atomic E-state index is 6.26. The van der Waals surface area contributed by atoms with Crippen LogP contribution in [-0.4, -0.2) is 46.1 Å². The van der Waals surface area contributed by atoms with E-state index in [1.54, 1.807) is 0 Å². The highest BCUT2D eigenvalue weighted by Gasteiger charge is 2.39. The van der Waals surface area contributed by atoms with Gasteiger partial charge in [-0.25, -0.2) is 0 Å². The summed E-state index contributed by atoms with van der Waals surface area (Å²) in [7, 11) is 0. The van der Waals surface area contributed by atoms with Crippen molar-refractivity contribution in [3.8, 4) is 5.75 Å². The molecule has 32 heavy (non-hydrogen) atoms. The molecule has 0 radical (unpaired) electrons. The van der Waals surface area contributed by atoms with Crippen molar-refractivity contribution in [3.63, 3.8) is 0 Å². The molecule has 2 aliphatic carbocycles. The minimum absolute atomic E-state index is 0. The number of para-hydroxylation sites is 1. The quantitative estimate of drug-likeness (QED) is 0.554. The summed E-state index contributed by atoms with van der Waals surface area (Å²) in [5, 5.41) is 1.36. The van der Waals surface area contributed by atoms with Crippen molar-refractivity contribution >= 4 is 10.9 Å². The number of benzene rings is 2. The Balaban J connectivity index is 0.00000206. The van der Waals surface area contributed by atoms with Gasteiger partial charge in [0.05, 0.1) is 11.7 Å². The van der Waals surface area contributed by atoms with Crippen molar-refractivity contribution in [2.45, 2.75) is 56.8 Å². The number of ether oxygens (including phenoxy) is 1. The fraction of sp³-hybridized carbons (Fsp3) is 0.393. The number of hydrogen-bond donors (Lipinski definition) is 1. The molecule has 4 nitrogen and oxygen atoms in total. The second kappa shape index (κ2) is 7.03. The number of rotatable bonds is 5. The Morgan fingerprint density at radius 2 is 1.84 bits per heavy atom. The molecule has 7 rings (SSSR count). The van der Waals surface area contributed by atoms with E-state index < -0.39 is 0 Å². The highest BCUT2D eigenvalue weighted by atomic mass is 16.5. The summed E-state index contributed by atoms with van der Waals surface area (Å²) in [4.78, 5) is 8.90. The number of nitrogens with zero attached hydrogens (tertiary/aromatic N) is 2. The first-order chi connectivity index (χ1) is 15.7. The lowest BCUT2D eigenvalue weighted by Crippen LogP contribution is -2.54. The average molecular weight is 426 g/mol. The zero-order chi connectivity index (χ0) is 21.2. The van der Waals surface area contributed by atoms with Crippen molar-refractivity contribution in [1.82, 2.24) is 14.8 Å².